The first-order chi connectivity index (χ1) is 10.8. The predicted molar refractivity (Wildman–Crippen MR) is 83.8 cm³/mol. The van der Waals surface area contributed by atoms with Gasteiger partial charge in [-0.1, -0.05) is 18.5 Å². The zero-order chi connectivity index (χ0) is 17.0. The number of hydrogen-bond acceptors (Lipinski definition) is 2. The van der Waals surface area contributed by atoms with Crippen molar-refractivity contribution in [2.24, 2.45) is 0 Å². The number of halogens is 4. The number of urea groups is 1. The van der Waals surface area contributed by atoms with Gasteiger partial charge in [-0.05, 0) is 31.2 Å². The molecule has 4 nitrogen and oxygen atoms in total. The van der Waals surface area contributed by atoms with Crippen LogP contribution in [0.5, 0.6) is 0 Å². The zero-order valence-corrected chi connectivity index (χ0v) is 13.5. The van der Waals surface area contributed by atoms with Crippen LogP contribution in [0.2, 0.25) is 5.02 Å². The summed E-state index contributed by atoms with van der Waals surface area (Å²) in [5.74, 6) is 0. The molecule has 0 aliphatic carbocycles. The van der Waals surface area contributed by atoms with Gasteiger partial charge in [0.1, 0.15) is 0 Å². The van der Waals surface area contributed by atoms with Crippen molar-refractivity contribution >= 4 is 23.3 Å². The molecule has 0 atom stereocenters. The molecule has 1 aliphatic rings. The van der Waals surface area contributed by atoms with Gasteiger partial charge in [0.25, 0.3) is 0 Å². The largest absolute Gasteiger partial charge is 0.418 e. The Hall–Kier alpha value is -1.47. The Morgan fingerprint density at radius 2 is 1.91 bits per heavy atom. The number of carbonyl (C=O) groups excluding carboxylic acids is 1. The van der Waals surface area contributed by atoms with Crippen molar-refractivity contribution in [1.82, 2.24) is 9.80 Å². The highest BCUT2D eigenvalue weighted by Gasteiger charge is 2.34. The summed E-state index contributed by atoms with van der Waals surface area (Å²) < 4.78 is 39.1. The van der Waals surface area contributed by atoms with Crippen molar-refractivity contribution < 1.29 is 18.0 Å². The molecule has 1 N–H and O–H groups in total. The number of anilines is 1. The van der Waals surface area contributed by atoms with E-state index in [0.717, 1.165) is 32.1 Å². The van der Waals surface area contributed by atoms with Crippen molar-refractivity contribution in [1.29, 1.82) is 0 Å². The van der Waals surface area contributed by atoms with Crippen molar-refractivity contribution in [2.75, 3.05) is 38.0 Å². The number of nitrogens with one attached hydrogen (secondary N) is 1. The molecule has 0 unspecified atom stereocenters. The van der Waals surface area contributed by atoms with Gasteiger partial charge in [0.05, 0.1) is 11.3 Å². The summed E-state index contributed by atoms with van der Waals surface area (Å²) in [6.45, 7) is 5.51. The van der Waals surface area contributed by atoms with E-state index in [1.807, 2.05) is 0 Å². The maximum Gasteiger partial charge on any atom is 0.418 e. The molecule has 23 heavy (non-hydrogen) atoms. The van der Waals surface area contributed by atoms with E-state index in [1.165, 1.54) is 17.0 Å². The standard InChI is InChI=1S/C15H19ClF3N3O/c1-2-5-21-6-8-22(9-7-21)14(23)20-13-4-3-11(16)10-12(13)15(17,18)19/h3-4,10H,2,5-9H2,1H3,(H,20,23). The van der Waals surface area contributed by atoms with Gasteiger partial charge in [-0.15, -0.1) is 0 Å². The Morgan fingerprint density at radius 1 is 1.26 bits per heavy atom. The molecule has 8 heteroatoms. The zero-order valence-electron chi connectivity index (χ0n) is 12.8. The van der Waals surface area contributed by atoms with Crippen molar-refractivity contribution in [2.45, 2.75) is 19.5 Å². The van der Waals surface area contributed by atoms with E-state index in [-0.39, 0.29) is 10.7 Å². The molecule has 0 aromatic heterocycles. The average molecular weight is 350 g/mol. The quantitative estimate of drug-likeness (QED) is 0.897. The summed E-state index contributed by atoms with van der Waals surface area (Å²) in [5, 5.41) is 2.33. The molecule has 1 aromatic rings. The Kier molecular flexibility index (Phi) is 5.75. The summed E-state index contributed by atoms with van der Waals surface area (Å²) in [5.41, 5.74) is -1.22. The van der Waals surface area contributed by atoms with Gasteiger partial charge in [-0.25, -0.2) is 4.79 Å². The van der Waals surface area contributed by atoms with E-state index < -0.39 is 17.8 Å². The highest BCUT2D eigenvalue weighted by molar-refractivity contribution is 6.30. The molecule has 2 amide bonds. The molecule has 1 aromatic carbocycles. The van der Waals surface area contributed by atoms with Gasteiger partial charge in [0.2, 0.25) is 0 Å². The molecule has 1 heterocycles. The van der Waals surface area contributed by atoms with Crippen LogP contribution in [0.1, 0.15) is 18.9 Å². The first-order valence-corrected chi connectivity index (χ1v) is 7.84. The average Bonchev–Trinajstić information content (AvgIpc) is 2.49. The SMILES string of the molecule is CCCN1CCN(C(=O)Nc2ccc(Cl)cc2C(F)(F)F)CC1. The number of benzene rings is 1. The Labute approximate surface area is 138 Å². The van der Waals surface area contributed by atoms with Crippen LogP contribution < -0.4 is 5.32 Å². The Bertz CT molecular complexity index is 557. The van der Waals surface area contributed by atoms with Crippen LogP contribution in [0.4, 0.5) is 23.7 Å². The molecular formula is C15H19ClF3N3O. The maximum atomic E-state index is 13.0. The highest BCUT2D eigenvalue weighted by Crippen LogP contribution is 2.36. The number of amides is 2. The molecule has 0 spiro atoms. The van der Waals surface area contributed by atoms with Crippen LogP contribution in [-0.4, -0.2) is 48.6 Å². The lowest BCUT2D eigenvalue weighted by molar-refractivity contribution is -0.136. The molecule has 2 rings (SSSR count). The highest BCUT2D eigenvalue weighted by atomic mass is 35.5. The van der Waals surface area contributed by atoms with Crippen molar-refractivity contribution in [3.63, 3.8) is 0 Å². The number of hydrogen-bond donors (Lipinski definition) is 1. The first kappa shape index (κ1) is 17.9. The van der Waals surface area contributed by atoms with E-state index in [9.17, 15) is 18.0 Å². The summed E-state index contributed by atoms with van der Waals surface area (Å²) in [6, 6.07) is 2.80. The molecule has 0 radical (unpaired) electrons. The fourth-order valence-electron chi connectivity index (χ4n) is 2.55. The summed E-state index contributed by atoms with van der Waals surface area (Å²) >= 11 is 5.63. The van der Waals surface area contributed by atoms with E-state index in [1.54, 1.807) is 0 Å². The van der Waals surface area contributed by atoms with Crippen LogP contribution in [-0.2, 0) is 6.18 Å². The van der Waals surface area contributed by atoms with Crippen LogP contribution in [0.15, 0.2) is 18.2 Å². The summed E-state index contributed by atoms with van der Waals surface area (Å²) in [7, 11) is 0. The number of nitrogens with zero attached hydrogens (tertiary/aromatic N) is 2. The van der Waals surface area contributed by atoms with E-state index in [4.69, 9.17) is 11.6 Å². The molecule has 128 valence electrons. The smallest absolute Gasteiger partial charge is 0.322 e. The fraction of sp³-hybridized carbons (Fsp3) is 0.533. The van der Waals surface area contributed by atoms with E-state index in [0.29, 0.717) is 13.1 Å². The van der Waals surface area contributed by atoms with Gasteiger partial charge in [-0.3, -0.25) is 4.90 Å². The van der Waals surface area contributed by atoms with Gasteiger partial charge >= 0.3 is 12.2 Å². The minimum absolute atomic E-state index is 0.0245. The molecule has 1 saturated heterocycles. The second-order valence-corrected chi connectivity index (χ2v) is 5.88. The van der Waals surface area contributed by atoms with Gasteiger partial charge < -0.3 is 10.2 Å². The Balaban J connectivity index is 2.04. The molecule has 1 fully saturated rings. The second-order valence-electron chi connectivity index (χ2n) is 5.45. The number of rotatable bonds is 3. The third kappa shape index (κ3) is 4.75. The molecule has 0 bridgehead atoms. The van der Waals surface area contributed by atoms with Crippen LogP contribution in [0.25, 0.3) is 0 Å². The molecular weight excluding hydrogens is 331 g/mol. The topological polar surface area (TPSA) is 35.6 Å². The fourth-order valence-corrected chi connectivity index (χ4v) is 2.72. The van der Waals surface area contributed by atoms with Crippen molar-refractivity contribution in [3.05, 3.63) is 28.8 Å². The minimum atomic E-state index is -4.58. The van der Waals surface area contributed by atoms with E-state index >= 15 is 0 Å². The lowest BCUT2D eigenvalue weighted by Gasteiger charge is -2.34. The van der Waals surface area contributed by atoms with Crippen LogP contribution in [0.3, 0.4) is 0 Å². The Morgan fingerprint density at radius 3 is 2.48 bits per heavy atom. The normalized spacial score (nSPS) is 16.5. The van der Waals surface area contributed by atoms with Gasteiger partial charge in [0.15, 0.2) is 0 Å². The molecule has 1 aliphatic heterocycles. The van der Waals surface area contributed by atoms with Crippen LogP contribution in [0, 0.1) is 0 Å². The number of carbonyl (C=O) groups is 1. The van der Waals surface area contributed by atoms with Crippen molar-refractivity contribution in [3.8, 4) is 0 Å². The summed E-state index contributed by atoms with van der Waals surface area (Å²) in [6.07, 6.45) is -3.54. The maximum absolute atomic E-state index is 13.0. The second kappa shape index (κ2) is 7.40. The number of alkyl halides is 3. The monoisotopic (exact) mass is 349 g/mol. The van der Waals surface area contributed by atoms with Crippen LogP contribution >= 0.6 is 11.6 Å². The van der Waals surface area contributed by atoms with Gasteiger partial charge in [-0.2, -0.15) is 13.2 Å². The third-order valence-electron chi connectivity index (χ3n) is 3.73. The van der Waals surface area contributed by atoms with E-state index in [2.05, 4.69) is 17.1 Å². The molecule has 0 saturated carbocycles. The lowest BCUT2D eigenvalue weighted by atomic mass is 10.1. The lowest BCUT2D eigenvalue weighted by Crippen LogP contribution is -2.50. The third-order valence-corrected chi connectivity index (χ3v) is 3.96. The number of piperazine rings is 1. The summed E-state index contributed by atoms with van der Waals surface area (Å²) in [4.78, 5) is 16.0. The van der Waals surface area contributed by atoms with Gasteiger partial charge in [0, 0.05) is 31.2 Å². The predicted octanol–water partition coefficient (Wildman–Crippen LogP) is 3.92. The first-order valence-electron chi connectivity index (χ1n) is 7.46. The minimum Gasteiger partial charge on any atom is -0.322 e.